The molecule has 5 aromatic rings. The number of aryl methyl sites for hydroxylation is 1. The van der Waals surface area contributed by atoms with Crippen LogP contribution in [0.3, 0.4) is 0 Å². The van der Waals surface area contributed by atoms with Crippen LogP contribution in [0.2, 0.25) is 0 Å². The largest absolute Gasteiger partial charge is 0.493 e. The van der Waals surface area contributed by atoms with Crippen LogP contribution in [0.4, 0.5) is 10.1 Å². The summed E-state index contributed by atoms with van der Waals surface area (Å²) in [5, 5.41) is 11.4. The van der Waals surface area contributed by atoms with Crippen LogP contribution >= 0.6 is 0 Å². The molecule has 1 aliphatic rings. The summed E-state index contributed by atoms with van der Waals surface area (Å²) >= 11 is 0. The zero-order valence-electron chi connectivity index (χ0n) is 27.5. The maximum atomic E-state index is 15.3. The normalized spacial score (nSPS) is 14.0. The smallest absolute Gasteiger partial charge is 0.335 e. The first kappa shape index (κ1) is 33.4. The SMILES string of the molecule is COc1cc2c(Oc3ccc(N=Cc4c(O)n(-c5ccc(C)cc5)c(=O)[nH]c4=O)cc3F)ccnc2cc1OCCCN1CCN(C)CC1. The second-order valence-corrected chi connectivity index (χ2v) is 11.8. The van der Waals surface area contributed by atoms with Gasteiger partial charge in [-0.3, -0.25) is 19.8 Å². The number of pyridine rings is 1. The number of hydrogen-bond acceptors (Lipinski definition) is 10. The fraction of sp³-hybridized carbons (Fsp3) is 0.278. The molecule has 254 valence electrons. The molecule has 0 unspecified atom stereocenters. The van der Waals surface area contributed by atoms with Crippen LogP contribution in [0.15, 0.2) is 81.4 Å². The molecule has 0 radical (unpaired) electrons. The minimum absolute atomic E-state index is 0.0664. The van der Waals surface area contributed by atoms with Gasteiger partial charge in [-0.2, -0.15) is 0 Å². The third-order valence-corrected chi connectivity index (χ3v) is 8.35. The van der Waals surface area contributed by atoms with Crippen molar-refractivity contribution in [3.8, 4) is 34.6 Å². The molecule has 3 heterocycles. The van der Waals surface area contributed by atoms with Crippen molar-refractivity contribution in [3.63, 3.8) is 0 Å². The number of aromatic hydroxyl groups is 1. The first-order chi connectivity index (χ1) is 23.7. The summed E-state index contributed by atoms with van der Waals surface area (Å²) in [7, 11) is 3.69. The molecule has 1 aliphatic heterocycles. The first-order valence-electron chi connectivity index (χ1n) is 15.9. The topological polar surface area (TPSA) is 135 Å². The van der Waals surface area contributed by atoms with Gasteiger partial charge in [-0.05, 0) is 56.8 Å². The Kier molecular flexibility index (Phi) is 10.0. The van der Waals surface area contributed by atoms with E-state index in [1.54, 1.807) is 55.8 Å². The van der Waals surface area contributed by atoms with Crippen LogP contribution in [0.25, 0.3) is 16.6 Å². The number of halogens is 1. The lowest BCUT2D eigenvalue weighted by Crippen LogP contribution is -2.44. The molecule has 13 heteroatoms. The van der Waals surface area contributed by atoms with E-state index in [0.29, 0.717) is 40.4 Å². The van der Waals surface area contributed by atoms with E-state index in [9.17, 15) is 14.7 Å². The second kappa shape index (κ2) is 14.7. The van der Waals surface area contributed by atoms with E-state index in [0.717, 1.165) is 61.6 Å². The predicted molar refractivity (Wildman–Crippen MR) is 185 cm³/mol. The van der Waals surface area contributed by atoms with Crippen molar-refractivity contribution in [1.82, 2.24) is 24.3 Å². The molecule has 0 saturated carbocycles. The molecule has 12 nitrogen and oxygen atoms in total. The highest BCUT2D eigenvalue weighted by Gasteiger charge is 2.17. The van der Waals surface area contributed by atoms with Gasteiger partial charge in [0.2, 0.25) is 5.88 Å². The van der Waals surface area contributed by atoms with Crippen LogP contribution in [-0.4, -0.2) is 89.1 Å². The maximum absolute atomic E-state index is 15.3. The number of hydrogen-bond donors (Lipinski definition) is 2. The number of piperazine rings is 1. The number of ether oxygens (including phenoxy) is 3. The molecule has 0 amide bonds. The molecule has 1 fully saturated rings. The van der Waals surface area contributed by atoms with E-state index in [2.05, 4.69) is 31.8 Å². The highest BCUT2D eigenvalue weighted by atomic mass is 19.1. The number of benzene rings is 3. The number of aromatic nitrogens is 3. The zero-order chi connectivity index (χ0) is 34.5. The van der Waals surface area contributed by atoms with Gasteiger partial charge in [0.25, 0.3) is 5.56 Å². The van der Waals surface area contributed by atoms with Gasteiger partial charge in [0.15, 0.2) is 23.1 Å². The Labute approximate surface area is 281 Å². The lowest BCUT2D eigenvalue weighted by molar-refractivity contribution is 0.145. The van der Waals surface area contributed by atoms with Gasteiger partial charge >= 0.3 is 5.69 Å². The number of nitrogens with zero attached hydrogens (tertiary/aromatic N) is 5. The number of aromatic amines is 1. The molecule has 1 saturated heterocycles. The number of rotatable bonds is 11. The van der Waals surface area contributed by atoms with Gasteiger partial charge in [-0.15, -0.1) is 0 Å². The summed E-state index contributed by atoms with van der Waals surface area (Å²) in [6, 6.07) is 16.0. The molecule has 0 bridgehead atoms. The van der Waals surface area contributed by atoms with Gasteiger partial charge in [-0.25, -0.2) is 13.8 Å². The van der Waals surface area contributed by atoms with E-state index in [-0.39, 0.29) is 17.0 Å². The molecular formula is C36H37FN6O6. The first-order valence-corrected chi connectivity index (χ1v) is 15.9. The lowest BCUT2D eigenvalue weighted by atomic mass is 10.1. The number of methoxy groups -OCH3 is 1. The van der Waals surface area contributed by atoms with E-state index in [4.69, 9.17) is 14.2 Å². The van der Waals surface area contributed by atoms with Crippen LogP contribution in [-0.2, 0) is 0 Å². The van der Waals surface area contributed by atoms with Crippen LogP contribution in [0, 0.1) is 12.7 Å². The number of nitrogens with one attached hydrogen (secondary N) is 1. The van der Waals surface area contributed by atoms with E-state index in [1.807, 2.05) is 6.92 Å². The Morgan fingerprint density at radius 2 is 1.76 bits per heavy atom. The third kappa shape index (κ3) is 7.63. The average molecular weight is 669 g/mol. The molecule has 49 heavy (non-hydrogen) atoms. The quantitative estimate of drug-likeness (QED) is 0.150. The minimum Gasteiger partial charge on any atom is -0.493 e. The Balaban J connectivity index is 1.17. The minimum atomic E-state index is -0.839. The summed E-state index contributed by atoms with van der Waals surface area (Å²) in [6.45, 7) is 7.61. The number of likely N-dealkylation sites (N-methyl/N-ethyl adjacent to an activating group) is 1. The Morgan fingerprint density at radius 3 is 2.49 bits per heavy atom. The van der Waals surface area contributed by atoms with Crippen molar-refractivity contribution in [2.45, 2.75) is 13.3 Å². The summed E-state index contributed by atoms with van der Waals surface area (Å²) in [4.78, 5) is 40.5. The molecule has 0 atom stereocenters. The average Bonchev–Trinajstić information content (AvgIpc) is 3.09. The standard InChI is InChI=1S/C36H37FN6O6/c1-23-5-8-25(9-6-23)43-35(45)27(34(44)40-36(43)46)22-39-24-7-10-31(28(37)19-24)49-30-11-12-38-29-21-33(32(47-3)20-26(29)30)48-18-4-13-42-16-14-41(2)15-17-42/h5-12,19-22,45H,4,13-18H2,1-3H3,(H,40,44,46). The second-order valence-electron chi connectivity index (χ2n) is 11.8. The van der Waals surface area contributed by atoms with Crippen molar-refractivity contribution < 1.29 is 23.7 Å². The summed E-state index contributed by atoms with van der Waals surface area (Å²) < 4.78 is 33.9. The molecule has 3 aromatic carbocycles. The molecule has 0 spiro atoms. The van der Waals surface area contributed by atoms with E-state index >= 15 is 4.39 Å². The summed E-state index contributed by atoms with van der Waals surface area (Å²) in [5.74, 6) is 0.0430. The fourth-order valence-electron chi connectivity index (χ4n) is 5.53. The third-order valence-electron chi connectivity index (χ3n) is 8.35. The molecule has 2 aromatic heterocycles. The lowest BCUT2D eigenvalue weighted by Gasteiger charge is -2.32. The molecule has 0 aliphatic carbocycles. The Morgan fingerprint density at radius 1 is 0.980 bits per heavy atom. The van der Waals surface area contributed by atoms with Gasteiger partial charge < -0.3 is 29.1 Å². The van der Waals surface area contributed by atoms with Gasteiger partial charge in [-0.1, -0.05) is 17.7 Å². The highest BCUT2D eigenvalue weighted by molar-refractivity contribution is 5.88. The van der Waals surface area contributed by atoms with E-state index in [1.165, 1.54) is 12.1 Å². The predicted octanol–water partition coefficient (Wildman–Crippen LogP) is 4.79. The Bertz CT molecular complexity index is 2110. The van der Waals surface area contributed by atoms with Gasteiger partial charge in [0.1, 0.15) is 11.3 Å². The number of H-pyrrole nitrogens is 1. The molecule has 6 rings (SSSR count). The van der Waals surface area contributed by atoms with Crippen molar-refractivity contribution in [2.75, 3.05) is 53.5 Å². The highest BCUT2D eigenvalue weighted by Crippen LogP contribution is 2.38. The Hall–Kier alpha value is -5.53. The van der Waals surface area contributed by atoms with Crippen molar-refractivity contribution in [2.24, 2.45) is 4.99 Å². The zero-order valence-corrected chi connectivity index (χ0v) is 27.5. The molecular weight excluding hydrogens is 631 g/mol. The van der Waals surface area contributed by atoms with Crippen LogP contribution in [0.5, 0.6) is 28.9 Å². The van der Waals surface area contributed by atoms with Crippen molar-refractivity contribution >= 4 is 22.8 Å². The summed E-state index contributed by atoms with van der Waals surface area (Å²) in [5.41, 5.74) is 0.130. The van der Waals surface area contributed by atoms with Crippen molar-refractivity contribution in [3.05, 3.63) is 105 Å². The summed E-state index contributed by atoms with van der Waals surface area (Å²) in [6.07, 6.45) is 3.51. The fourth-order valence-corrected chi connectivity index (χ4v) is 5.53. The van der Waals surface area contributed by atoms with Gasteiger partial charge in [0.05, 0.1) is 30.6 Å². The monoisotopic (exact) mass is 668 g/mol. The van der Waals surface area contributed by atoms with Crippen LogP contribution < -0.4 is 25.5 Å². The molecule has 2 N–H and O–H groups in total. The maximum Gasteiger partial charge on any atom is 0.335 e. The number of fused-ring (bicyclic) bond motifs is 1. The van der Waals surface area contributed by atoms with Crippen molar-refractivity contribution in [1.29, 1.82) is 0 Å². The van der Waals surface area contributed by atoms with Crippen LogP contribution in [0.1, 0.15) is 17.5 Å². The number of aliphatic imine (C=N–C) groups is 1. The van der Waals surface area contributed by atoms with Gasteiger partial charge in [0, 0.05) is 62.7 Å². The van der Waals surface area contributed by atoms with E-state index < -0.39 is 22.9 Å².